The number of benzene rings is 1. The lowest BCUT2D eigenvalue weighted by Crippen LogP contribution is -2.45. The molecule has 1 aromatic carbocycles. The third-order valence-corrected chi connectivity index (χ3v) is 4.20. The van der Waals surface area contributed by atoms with Crippen LogP contribution in [0.4, 0.5) is 18.0 Å². The molecular formula is C21H30F3N3O. The third kappa shape index (κ3) is 8.66. The Morgan fingerprint density at radius 1 is 1.18 bits per heavy atom. The molecule has 0 spiro atoms. The molecule has 0 aliphatic rings. The summed E-state index contributed by atoms with van der Waals surface area (Å²) < 4.78 is 38.2. The van der Waals surface area contributed by atoms with Gasteiger partial charge in [-0.25, -0.2) is 4.79 Å². The van der Waals surface area contributed by atoms with E-state index in [1.54, 1.807) is 4.90 Å². The summed E-state index contributed by atoms with van der Waals surface area (Å²) in [5.74, 6) is 5.72. The summed E-state index contributed by atoms with van der Waals surface area (Å²) in [6, 6.07) is 4.64. The molecule has 0 unspecified atom stereocenters. The standard InChI is InChI=1S/C21H30F3N3O/c1-5-26(6-2)13-14-27(16-17(3)4)20(28)25-12-8-10-18-9-7-11-19(15-18)21(22,23)24/h7,9,11,15,17H,5-6,12-14,16H2,1-4H3,(H,25,28). The molecule has 0 radical (unpaired) electrons. The van der Waals surface area contributed by atoms with Gasteiger partial charge in [0.05, 0.1) is 12.1 Å². The normalized spacial score (nSPS) is 11.3. The summed E-state index contributed by atoms with van der Waals surface area (Å²) >= 11 is 0. The Balaban J connectivity index is 2.64. The van der Waals surface area contributed by atoms with Crippen molar-refractivity contribution in [2.24, 2.45) is 5.92 Å². The van der Waals surface area contributed by atoms with Crippen LogP contribution in [0.15, 0.2) is 24.3 Å². The van der Waals surface area contributed by atoms with Gasteiger partial charge in [-0.2, -0.15) is 13.2 Å². The molecule has 0 atom stereocenters. The fourth-order valence-corrected chi connectivity index (χ4v) is 2.67. The van der Waals surface area contributed by atoms with Crippen LogP contribution in [0.2, 0.25) is 0 Å². The minimum absolute atomic E-state index is 0.0783. The summed E-state index contributed by atoms with van der Waals surface area (Å²) in [5.41, 5.74) is -0.465. The van der Waals surface area contributed by atoms with Crippen molar-refractivity contribution < 1.29 is 18.0 Å². The maximum Gasteiger partial charge on any atom is 0.416 e. The second kappa shape index (κ2) is 11.6. The summed E-state index contributed by atoms with van der Waals surface area (Å²) in [7, 11) is 0. The van der Waals surface area contributed by atoms with Crippen LogP contribution < -0.4 is 5.32 Å². The number of hydrogen-bond donors (Lipinski definition) is 1. The van der Waals surface area contributed by atoms with Crippen LogP contribution in [-0.2, 0) is 6.18 Å². The second-order valence-corrected chi connectivity index (χ2v) is 6.91. The molecule has 0 aromatic heterocycles. The van der Waals surface area contributed by atoms with Gasteiger partial charge in [-0.1, -0.05) is 45.6 Å². The quantitative estimate of drug-likeness (QED) is 0.672. The van der Waals surface area contributed by atoms with E-state index in [9.17, 15) is 18.0 Å². The lowest BCUT2D eigenvalue weighted by molar-refractivity contribution is -0.137. The van der Waals surface area contributed by atoms with Gasteiger partial charge >= 0.3 is 12.2 Å². The van der Waals surface area contributed by atoms with Crippen molar-refractivity contribution in [1.82, 2.24) is 15.1 Å². The van der Waals surface area contributed by atoms with Gasteiger partial charge in [0.25, 0.3) is 0 Å². The van der Waals surface area contributed by atoms with Gasteiger partial charge in [0.1, 0.15) is 0 Å². The molecule has 0 saturated heterocycles. The SMILES string of the molecule is CCN(CC)CCN(CC(C)C)C(=O)NCC#Cc1cccc(C(F)(F)F)c1. The van der Waals surface area contributed by atoms with E-state index in [4.69, 9.17) is 0 Å². The molecule has 1 rings (SSSR count). The number of carbonyl (C=O) groups excluding carboxylic acids is 1. The van der Waals surface area contributed by atoms with Crippen molar-refractivity contribution in [3.8, 4) is 11.8 Å². The van der Waals surface area contributed by atoms with Gasteiger partial charge in [-0.05, 0) is 37.2 Å². The average molecular weight is 397 g/mol. The molecule has 0 saturated carbocycles. The van der Waals surface area contributed by atoms with Crippen molar-refractivity contribution >= 4 is 6.03 Å². The third-order valence-electron chi connectivity index (χ3n) is 4.20. The molecule has 0 bridgehead atoms. The van der Waals surface area contributed by atoms with Crippen LogP contribution in [0.1, 0.15) is 38.8 Å². The molecule has 156 valence electrons. The van der Waals surface area contributed by atoms with E-state index in [-0.39, 0.29) is 18.1 Å². The fourth-order valence-electron chi connectivity index (χ4n) is 2.67. The lowest BCUT2D eigenvalue weighted by Gasteiger charge is -2.27. The molecule has 1 aromatic rings. The number of amides is 2. The van der Waals surface area contributed by atoms with Crippen molar-refractivity contribution in [2.45, 2.75) is 33.9 Å². The van der Waals surface area contributed by atoms with Gasteiger partial charge in [0.15, 0.2) is 0 Å². The highest BCUT2D eigenvalue weighted by Gasteiger charge is 2.30. The first-order valence-electron chi connectivity index (χ1n) is 9.58. The topological polar surface area (TPSA) is 35.6 Å². The zero-order valence-electron chi connectivity index (χ0n) is 17.1. The number of nitrogens with one attached hydrogen (secondary N) is 1. The van der Waals surface area contributed by atoms with E-state index < -0.39 is 11.7 Å². The molecule has 7 heteroatoms. The van der Waals surface area contributed by atoms with Crippen molar-refractivity contribution in [3.05, 3.63) is 35.4 Å². The van der Waals surface area contributed by atoms with E-state index >= 15 is 0 Å². The zero-order valence-corrected chi connectivity index (χ0v) is 17.1. The number of urea groups is 1. The first-order chi connectivity index (χ1) is 13.2. The van der Waals surface area contributed by atoms with Gasteiger partial charge < -0.3 is 15.1 Å². The van der Waals surface area contributed by atoms with Crippen LogP contribution in [0.25, 0.3) is 0 Å². The Hall–Kier alpha value is -2.20. The second-order valence-electron chi connectivity index (χ2n) is 6.91. The van der Waals surface area contributed by atoms with Crippen LogP contribution in [0.3, 0.4) is 0 Å². The summed E-state index contributed by atoms with van der Waals surface area (Å²) in [4.78, 5) is 16.4. The van der Waals surface area contributed by atoms with Gasteiger partial charge in [-0.3, -0.25) is 0 Å². The van der Waals surface area contributed by atoms with Crippen molar-refractivity contribution in [2.75, 3.05) is 39.3 Å². The summed E-state index contributed by atoms with van der Waals surface area (Å²) in [6.45, 7) is 12.2. The van der Waals surface area contributed by atoms with Crippen molar-refractivity contribution in [1.29, 1.82) is 0 Å². The van der Waals surface area contributed by atoms with E-state index in [1.165, 1.54) is 12.1 Å². The molecule has 4 nitrogen and oxygen atoms in total. The van der Waals surface area contributed by atoms with Gasteiger partial charge in [0.2, 0.25) is 0 Å². The smallest absolute Gasteiger partial charge is 0.327 e. The zero-order chi connectivity index (χ0) is 21.2. The van der Waals surface area contributed by atoms with E-state index in [2.05, 4.69) is 35.9 Å². The first kappa shape index (κ1) is 23.8. The van der Waals surface area contributed by atoms with Crippen LogP contribution in [0, 0.1) is 17.8 Å². The minimum Gasteiger partial charge on any atom is -0.327 e. The number of hydrogen-bond acceptors (Lipinski definition) is 2. The fraction of sp³-hybridized carbons (Fsp3) is 0.571. The Bertz CT molecular complexity index is 673. The molecule has 2 amide bonds. The monoisotopic (exact) mass is 397 g/mol. The average Bonchev–Trinajstić information content (AvgIpc) is 2.64. The molecule has 0 aliphatic carbocycles. The van der Waals surface area contributed by atoms with E-state index in [1.807, 2.05) is 13.8 Å². The highest BCUT2D eigenvalue weighted by atomic mass is 19.4. The maximum absolute atomic E-state index is 12.7. The molecule has 28 heavy (non-hydrogen) atoms. The molecule has 1 N–H and O–H groups in total. The highest BCUT2D eigenvalue weighted by molar-refractivity contribution is 5.74. The van der Waals surface area contributed by atoms with Gasteiger partial charge in [0, 0.05) is 25.2 Å². The van der Waals surface area contributed by atoms with Crippen LogP contribution >= 0.6 is 0 Å². The number of carbonyl (C=O) groups is 1. The minimum atomic E-state index is -4.39. The van der Waals surface area contributed by atoms with E-state index in [0.29, 0.717) is 19.0 Å². The number of halogens is 3. The maximum atomic E-state index is 12.7. The molecule has 0 fully saturated rings. The molecular weight excluding hydrogens is 367 g/mol. The Kier molecular flexibility index (Phi) is 9.88. The Morgan fingerprint density at radius 3 is 2.43 bits per heavy atom. The molecule has 0 heterocycles. The predicted octanol–water partition coefficient (Wildman–Crippen LogP) is 4.07. The van der Waals surface area contributed by atoms with Gasteiger partial charge in [-0.15, -0.1) is 0 Å². The first-order valence-corrected chi connectivity index (χ1v) is 9.58. The Morgan fingerprint density at radius 2 is 1.86 bits per heavy atom. The number of nitrogens with zero attached hydrogens (tertiary/aromatic N) is 2. The predicted molar refractivity (Wildman–Crippen MR) is 106 cm³/mol. The number of likely N-dealkylation sites (N-methyl/N-ethyl adjacent to an activating group) is 1. The Labute approximate surface area is 166 Å². The number of alkyl halides is 3. The highest BCUT2D eigenvalue weighted by Crippen LogP contribution is 2.29. The molecule has 0 aliphatic heterocycles. The largest absolute Gasteiger partial charge is 0.416 e. The van der Waals surface area contributed by atoms with Crippen molar-refractivity contribution in [3.63, 3.8) is 0 Å². The lowest BCUT2D eigenvalue weighted by atomic mass is 10.1. The summed E-state index contributed by atoms with van der Waals surface area (Å²) in [6.07, 6.45) is -4.39. The van der Waals surface area contributed by atoms with Crippen LogP contribution in [0.5, 0.6) is 0 Å². The summed E-state index contributed by atoms with van der Waals surface area (Å²) in [5, 5.41) is 2.74. The van der Waals surface area contributed by atoms with E-state index in [0.717, 1.165) is 31.8 Å². The number of rotatable bonds is 8. The van der Waals surface area contributed by atoms with Crippen LogP contribution in [-0.4, -0.2) is 55.1 Å².